The summed E-state index contributed by atoms with van der Waals surface area (Å²) in [6, 6.07) is 0. The molecule has 0 N–H and O–H groups in total. The number of hydrogen-bond acceptors (Lipinski definition) is 0. The standard InChI is InChI=1S/C4H5Cl.C4H5.ClH.2Mg.2H/c1-3-4(2)5;1-3-4-2;;;;;/h3H,1-2H2;3H,1-2H2;1H;;;;/q;-1;;2*+2;2*-1/p-1. The molecule has 0 heterocycles. The first-order chi connectivity index (χ1) is 4.18. The predicted molar refractivity (Wildman–Crippen MR) is 58.0 cm³/mol. The Kier molecular flexibility index (Phi) is 72.1. The second-order valence-electron chi connectivity index (χ2n) is 1.06. The van der Waals surface area contributed by atoms with Crippen molar-refractivity contribution in [2.75, 3.05) is 0 Å². The summed E-state index contributed by atoms with van der Waals surface area (Å²) in [7, 11) is 0. The van der Waals surface area contributed by atoms with E-state index in [0.29, 0.717) is 5.03 Å². The Morgan fingerprint density at radius 1 is 1.33 bits per heavy atom. The Labute approximate surface area is 122 Å². The quantitative estimate of drug-likeness (QED) is 0.341. The molecular weight excluding hydrogens is 216 g/mol. The average Bonchev–Trinajstić information content (AvgIpc) is 1.89. The zero-order valence-corrected chi connectivity index (χ0v) is 11.5. The molecule has 62 valence electrons. The number of allylic oxidation sites excluding steroid dienone is 4. The van der Waals surface area contributed by atoms with Crippen molar-refractivity contribution in [3.8, 4) is 0 Å². The van der Waals surface area contributed by atoms with Gasteiger partial charge < -0.3 is 15.3 Å². The van der Waals surface area contributed by atoms with Gasteiger partial charge in [-0.15, -0.1) is 0 Å². The van der Waals surface area contributed by atoms with E-state index in [1.54, 1.807) is 0 Å². The second kappa shape index (κ2) is 29.6. The van der Waals surface area contributed by atoms with Crippen LogP contribution in [-0.2, 0) is 0 Å². The molecule has 0 saturated carbocycles. The van der Waals surface area contributed by atoms with Crippen molar-refractivity contribution in [2.24, 2.45) is 0 Å². The normalized spacial score (nSPS) is 4.42. The van der Waals surface area contributed by atoms with Crippen molar-refractivity contribution in [3.63, 3.8) is 0 Å². The average molecular weight is 228 g/mol. The first kappa shape index (κ1) is 29.2. The van der Waals surface area contributed by atoms with Crippen molar-refractivity contribution in [3.05, 3.63) is 49.6 Å². The van der Waals surface area contributed by atoms with Crippen LogP contribution in [0.1, 0.15) is 2.85 Å². The van der Waals surface area contributed by atoms with Gasteiger partial charge in [-0.1, -0.05) is 30.8 Å². The third-order valence-electron chi connectivity index (χ3n) is 0.366. The van der Waals surface area contributed by atoms with Gasteiger partial charge in [0, 0.05) is 5.03 Å². The van der Waals surface area contributed by atoms with Crippen LogP contribution >= 0.6 is 11.6 Å². The minimum Gasteiger partial charge on any atom is -1.00 e. The Morgan fingerprint density at radius 2 is 1.50 bits per heavy atom. The fourth-order valence-electron chi connectivity index (χ4n) is 0. The molecule has 0 radical (unpaired) electrons. The van der Waals surface area contributed by atoms with Gasteiger partial charge >= 0.3 is 46.1 Å². The van der Waals surface area contributed by atoms with Gasteiger partial charge in [0.05, 0.1) is 0 Å². The van der Waals surface area contributed by atoms with Crippen molar-refractivity contribution < 1.29 is 15.3 Å². The molecule has 0 saturated heterocycles. The van der Waals surface area contributed by atoms with E-state index >= 15 is 0 Å². The molecule has 0 aromatic heterocycles. The first-order valence-electron chi connectivity index (χ1n) is 2.29. The molecule has 0 spiro atoms. The number of halogens is 2. The van der Waals surface area contributed by atoms with Gasteiger partial charge in [-0.05, 0) is 0 Å². The van der Waals surface area contributed by atoms with Crippen LogP contribution in [0, 0.1) is 6.08 Å². The van der Waals surface area contributed by atoms with E-state index in [2.05, 4.69) is 32.4 Å². The summed E-state index contributed by atoms with van der Waals surface area (Å²) in [6.07, 6.45) is 5.45. The summed E-state index contributed by atoms with van der Waals surface area (Å²) in [5, 5.41) is 0.491. The maximum absolute atomic E-state index is 5.15. The Balaban J connectivity index is -0.0000000104. The van der Waals surface area contributed by atoms with Crippen LogP contribution in [0.2, 0.25) is 0 Å². The van der Waals surface area contributed by atoms with Gasteiger partial charge in [0.2, 0.25) is 0 Å². The Hall–Kier alpha value is 1.07. The smallest absolute Gasteiger partial charge is 1.00 e. The van der Waals surface area contributed by atoms with Crippen LogP contribution < -0.4 is 12.4 Å². The third kappa shape index (κ3) is 67.7. The Morgan fingerprint density at radius 3 is 1.50 bits per heavy atom. The largest absolute Gasteiger partial charge is 2.00 e. The minimum atomic E-state index is 0. The molecule has 0 aromatic rings. The molecule has 12 heavy (non-hydrogen) atoms. The van der Waals surface area contributed by atoms with Gasteiger partial charge in [0.15, 0.2) is 0 Å². The minimum absolute atomic E-state index is 0. The summed E-state index contributed by atoms with van der Waals surface area (Å²) in [4.78, 5) is 0. The molecule has 0 aliphatic carbocycles. The van der Waals surface area contributed by atoms with Gasteiger partial charge in [0.25, 0.3) is 0 Å². The van der Waals surface area contributed by atoms with E-state index in [9.17, 15) is 0 Å². The maximum atomic E-state index is 5.15. The molecule has 4 heteroatoms. The molecule has 0 aliphatic rings. The van der Waals surface area contributed by atoms with E-state index in [1.165, 1.54) is 12.2 Å². The Bertz CT molecular complexity index is 125. The molecule has 0 atom stereocenters. The van der Waals surface area contributed by atoms with Crippen LogP contribution in [-0.4, -0.2) is 46.1 Å². The molecule has 0 amide bonds. The van der Waals surface area contributed by atoms with E-state index in [-0.39, 0.29) is 61.4 Å². The van der Waals surface area contributed by atoms with E-state index < -0.39 is 0 Å². The van der Waals surface area contributed by atoms with Crippen molar-refractivity contribution in [1.82, 2.24) is 0 Å². The summed E-state index contributed by atoms with van der Waals surface area (Å²) in [5.41, 5.74) is 0. The van der Waals surface area contributed by atoms with E-state index in [0.717, 1.165) is 0 Å². The van der Waals surface area contributed by atoms with Gasteiger partial charge in [0.1, 0.15) is 0 Å². The molecular formula is C8H12Cl2Mg2. The van der Waals surface area contributed by atoms with Gasteiger partial charge in [-0.2, -0.15) is 6.58 Å². The fraction of sp³-hybridized carbons (Fsp3) is 0. The first-order valence-corrected chi connectivity index (χ1v) is 2.67. The van der Waals surface area contributed by atoms with Crippen molar-refractivity contribution >= 4 is 57.7 Å². The zero-order chi connectivity index (χ0) is 7.70. The van der Waals surface area contributed by atoms with Crippen LogP contribution in [0.3, 0.4) is 0 Å². The summed E-state index contributed by atoms with van der Waals surface area (Å²) in [6.45, 7) is 13.2. The number of hydrogen-bond donors (Lipinski definition) is 0. The molecule has 0 fully saturated rings. The zero-order valence-electron chi connectivity index (χ0n) is 9.15. The fourth-order valence-corrected chi connectivity index (χ4v) is 0. The van der Waals surface area contributed by atoms with E-state index in [4.69, 9.17) is 11.6 Å². The SMILES string of the molecule is C=CC(=C)Cl.C=[C-]C=C.[Cl-].[H-].[H-].[Mg+2].[Mg+2]. The molecule has 0 unspecified atom stereocenters. The molecule has 0 bridgehead atoms. The maximum Gasteiger partial charge on any atom is 2.00 e. The van der Waals surface area contributed by atoms with E-state index in [1.807, 2.05) is 0 Å². The summed E-state index contributed by atoms with van der Waals surface area (Å²) >= 11 is 5.15. The van der Waals surface area contributed by atoms with Crippen molar-refractivity contribution in [2.45, 2.75) is 0 Å². The monoisotopic (exact) mass is 226 g/mol. The van der Waals surface area contributed by atoms with Crippen LogP contribution in [0.15, 0.2) is 43.5 Å². The third-order valence-corrected chi connectivity index (χ3v) is 0.520. The summed E-state index contributed by atoms with van der Waals surface area (Å²) in [5.74, 6) is 0. The topological polar surface area (TPSA) is 0 Å². The molecule has 0 rings (SSSR count). The molecule has 0 nitrogen and oxygen atoms in total. The second-order valence-corrected chi connectivity index (χ2v) is 1.54. The molecule has 0 aliphatic heterocycles. The van der Waals surface area contributed by atoms with Gasteiger partial charge in [-0.25, -0.2) is 12.7 Å². The van der Waals surface area contributed by atoms with Crippen molar-refractivity contribution in [1.29, 1.82) is 0 Å². The van der Waals surface area contributed by atoms with Crippen LogP contribution in [0.5, 0.6) is 0 Å². The predicted octanol–water partition coefficient (Wildman–Crippen LogP) is -0.446. The summed E-state index contributed by atoms with van der Waals surface area (Å²) < 4.78 is 0. The molecule has 0 aromatic carbocycles. The number of rotatable bonds is 2. The van der Waals surface area contributed by atoms with Crippen LogP contribution in [0.4, 0.5) is 0 Å². The van der Waals surface area contributed by atoms with Gasteiger partial charge in [-0.3, -0.25) is 6.08 Å². The van der Waals surface area contributed by atoms with Crippen LogP contribution in [0.25, 0.3) is 0 Å².